The molecule has 0 spiro atoms. The Morgan fingerprint density at radius 3 is 2.40 bits per heavy atom. The van der Waals surface area contributed by atoms with Crippen molar-refractivity contribution in [1.29, 1.82) is 0 Å². The van der Waals surface area contributed by atoms with Crippen LogP contribution in [0.25, 0.3) is 0 Å². The molecule has 132 valence electrons. The van der Waals surface area contributed by atoms with Crippen molar-refractivity contribution in [3.8, 4) is 0 Å². The van der Waals surface area contributed by atoms with Gasteiger partial charge in [0.1, 0.15) is 5.82 Å². The molecule has 0 saturated carbocycles. The van der Waals surface area contributed by atoms with Gasteiger partial charge in [-0.2, -0.15) is 0 Å². The number of aromatic nitrogens is 2. The Labute approximate surface area is 147 Å². The molecule has 0 aliphatic carbocycles. The van der Waals surface area contributed by atoms with Gasteiger partial charge >= 0.3 is 0 Å². The molecule has 1 amide bonds. The van der Waals surface area contributed by atoms with Crippen molar-refractivity contribution in [3.63, 3.8) is 0 Å². The normalized spacial score (nSPS) is 15.2. The molecule has 2 heterocycles. The van der Waals surface area contributed by atoms with Crippen molar-refractivity contribution < 1.29 is 9.18 Å². The van der Waals surface area contributed by atoms with Crippen molar-refractivity contribution in [2.75, 3.05) is 24.5 Å². The lowest BCUT2D eigenvalue weighted by atomic mass is 10.1. The van der Waals surface area contributed by atoms with E-state index >= 15 is 0 Å². The van der Waals surface area contributed by atoms with Crippen LogP contribution < -0.4 is 4.90 Å². The Bertz CT molecular complexity index is 711. The maximum atomic E-state index is 13.1. The Kier molecular flexibility index (Phi) is 5.26. The molecule has 1 aliphatic heterocycles. The Morgan fingerprint density at radius 1 is 1.16 bits per heavy atom. The first-order valence-electron chi connectivity index (χ1n) is 8.75. The summed E-state index contributed by atoms with van der Waals surface area (Å²) in [6.45, 7) is 6.37. The molecule has 3 rings (SSSR count). The van der Waals surface area contributed by atoms with Gasteiger partial charge in [0, 0.05) is 19.6 Å². The fourth-order valence-electron chi connectivity index (χ4n) is 3.22. The van der Waals surface area contributed by atoms with E-state index in [2.05, 4.69) is 15.1 Å². The molecule has 6 heteroatoms. The van der Waals surface area contributed by atoms with E-state index in [1.165, 1.54) is 25.0 Å². The van der Waals surface area contributed by atoms with Gasteiger partial charge in [-0.3, -0.25) is 4.79 Å². The molecule has 1 aromatic heterocycles. The summed E-state index contributed by atoms with van der Waals surface area (Å²) in [5, 5.41) is 8.36. The zero-order valence-corrected chi connectivity index (χ0v) is 14.7. The number of carbonyl (C=O) groups excluding carboxylic acids is 1. The van der Waals surface area contributed by atoms with Crippen LogP contribution in [-0.2, 0) is 0 Å². The van der Waals surface area contributed by atoms with Gasteiger partial charge in [0.05, 0.1) is 6.04 Å². The minimum absolute atomic E-state index is 0.167. The van der Waals surface area contributed by atoms with Crippen molar-refractivity contribution in [2.45, 2.75) is 32.7 Å². The van der Waals surface area contributed by atoms with Crippen LogP contribution in [0.1, 0.15) is 48.8 Å². The standard InChI is InChI=1S/C19H23FN4O/c1-3-24(14(2)15-6-8-16(20)9-7-15)19(25)17-10-11-18(22-21-17)23-12-4-5-13-23/h6-11,14H,3-5,12-13H2,1-2H3/t14-/m1/s1. The van der Waals surface area contributed by atoms with E-state index in [0.717, 1.165) is 24.5 Å². The monoisotopic (exact) mass is 342 g/mol. The lowest BCUT2D eigenvalue weighted by molar-refractivity contribution is 0.0695. The van der Waals surface area contributed by atoms with E-state index < -0.39 is 0 Å². The summed E-state index contributed by atoms with van der Waals surface area (Å²) < 4.78 is 13.1. The molecule has 1 aromatic carbocycles. The third kappa shape index (κ3) is 3.78. The van der Waals surface area contributed by atoms with Crippen molar-refractivity contribution in [2.24, 2.45) is 0 Å². The minimum Gasteiger partial charge on any atom is -0.355 e. The highest BCUT2D eigenvalue weighted by Crippen LogP contribution is 2.23. The molecule has 1 aliphatic rings. The number of rotatable bonds is 5. The summed E-state index contributed by atoms with van der Waals surface area (Å²) in [4.78, 5) is 16.7. The van der Waals surface area contributed by atoms with Crippen molar-refractivity contribution in [3.05, 3.63) is 53.5 Å². The van der Waals surface area contributed by atoms with E-state index in [4.69, 9.17) is 0 Å². The predicted molar refractivity (Wildman–Crippen MR) is 95.0 cm³/mol. The van der Waals surface area contributed by atoms with Crippen LogP contribution in [0.15, 0.2) is 36.4 Å². The number of anilines is 1. The molecule has 0 radical (unpaired) electrons. The molecule has 1 saturated heterocycles. The average molecular weight is 342 g/mol. The van der Waals surface area contributed by atoms with Crippen molar-refractivity contribution >= 4 is 11.7 Å². The summed E-state index contributed by atoms with van der Waals surface area (Å²) in [6.07, 6.45) is 2.34. The summed E-state index contributed by atoms with van der Waals surface area (Å²) in [5.74, 6) is 0.372. The Morgan fingerprint density at radius 2 is 1.84 bits per heavy atom. The molecule has 5 nitrogen and oxygen atoms in total. The minimum atomic E-state index is -0.284. The largest absolute Gasteiger partial charge is 0.355 e. The van der Waals surface area contributed by atoms with E-state index in [1.807, 2.05) is 19.9 Å². The van der Waals surface area contributed by atoms with Crippen molar-refractivity contribution in [1.82, 2.24) is 15.1 Å². The number of halogens is 1. The molecule has 0 N–H and O–H groups in total. The van der Waals surface area contributed by atoms with Gasteiger partial charge in [0.25, 0.3) is 5.91 Å². The number of amides is 1. The smallest absolute Gasteiger partial charge is 0.274 e. The quantitative estimate of drug-likeness (QED) is 0.835. The van der Waals surface area contributed by atoms with Crippen LogP contribution in [0, 0.1) is 5.82 Å². The second kappa shape index (κ2) is 7.59. The number of hydrogen-bond acceptors (Lipinski definition) is 4. The topological polar surface area (TPSA) is 49.3 Å². The molecule has 1 atom stereocenters. The van der Waals surface area contributed by atoms with Gasteiger partial charge < -0.3 is 9.80 Å². The summed E-state index contributed by atoms with van der Waals surface area (Å²) >= 11 is 0. The van der Waals surface area contributed by atoms with Gasteiger partial charge in [-0.25, -0.2) is 4.39 Å². The van der Waals surface area contributed by atoms with Gasteiger partial charge in [0.15, 0.2) is 11.5 Å². The molecular formula is C19H23FN4O. The van der Waals surface area contributed by atoms with Gasteiger partial charge in [-0.05, 0) is 56.5 Å². The van der Waals surface area contributed by atoms with Crippen LogP contribution in [0.4, 0.5) is 10.2 Å². The lowest BCUT2D eigenvalue weighted by Gasteiger charge is -2.28. The lowest BCUT2D eigenvalue weighted by Crippen LogP contribution is -2.34. The maximum absolute atomic E-state index is 13.1. The highest BCUT2D eigenvalue weighted by molar-refractivity contribution is 5.92. The molecule has 25 heavy (non-hydrogen) atoms. The number of nitrogens with zero attached hydrogens (tertiary/aromatic N) is 4. The first-order chi connectivity index (χ1) is 12.1. The van der Waals surface area contributed by atoms with Crippen LogP contribution in [-0.4, -0.2) is 40.6 Å². The Hall–Kier alpha value is -2.50. The van der Waals surface area contributed by atoms with Crippen LogP contribution in [0.5, 0.6) is 0 Å². The SMILES string of the molecule is CCN(C(=O)c1ccc(N2CCCC2)nn1)[C@H](C)c1ccc(F)cc1. The summed E-state index contributed by atoms with van der Waals surface area (Å²) in [6, 6.07) is 9.67. The number of benzene rings is 1. The zero-order chi connectivity index (χ0) is 17.8. The second-order valence-corrected chi connectivity index (χ2v) is 6.29. The fourth-order valence-corrected chi connectivity index (χ4v) is 3.22. The van der Waals surface area contributed by atoms with E-state index in [1.54, 1.807) is 23.1 Å². The average Bonchev–Trinajstić information content (AvgIpc) is 3.17. The van der Waals surface area contributed by atoms with Crippen LogP contribution >= 0.6 is 0 Å². The molecule has 0 unspecified atom stereocenters. The fraction of sp³-hybridized carbons (Fsp3) is 0.421. The Balaban J connectivity index is 1.76. The van der Waals surface area contributed by atoms with E-state index in [0.29, 0.717) is 12.2 Å². The van der Waals surface area contributed by atoms with Gasteiger partial charge in [-0.1, -0.05) is 12.1 Å². The first-order valence-corrected chi connectivity index (χ1v) is 8.75. The molecule has 0 bridgehead atoms. The first kappa shape index (κ1) is 17.3. The number of hydrogen-bond donors (Lipinski definition) is 0. The van der Waals surface area contributed by atoms with E-state index in [-0.39, 0.29) is 17.8 Å². The second-order valence-electron chi connectivity index (χ2n) is 6.29. The summed E-state index contributed by atoms with van der Waals surface area (Å²) in [7, 11) is 0. The van der Waals surface area contributed by atoms with Gasteiger partial charge in [0.2, 0.25) is 0 Å². The third-order valence-electron chi connectivity index (χ3n) is 4.72. The van der Waals surface area contributed by atoms with Crippen LogP contribution in [0.2, 0.25) is 0 Å². The van der Waals surface area contributed by atoms with Crippen LogP contribution in [0.3, 0.4) is 0 Å². The highest BCUT2D eigenvalue weighted by atomic mass is 19.1. The summed E-state index contributed by atoms with van der Waals surface area (Å²) in [5.41, 5.74) is 1.22. The zero-order valence-electron chi connectivity index (χ0n) is 14.7. The third-order valence-corrected chi connectivity index (χ3v) is 4.72. The highest BCUT2D eigenvalue weighted by Gasteiger charge is 2.23. The maximum Gasteiger partial charge on any atom is 0.274 e. The van der Waals surface area contributed by atoms with E-state index in [9.17, 15) is 9.18 Å². The molecular weight excluding hydrogens is 319 g/mol. The molecule has 1 fully saturated rings. The predicted octanol–water partition coefficient (Wildman–Crippen LogP) is 3.44. The molecule has 2 aromatic rings. The van der Waals surface area contributed by atoms with Gasteiger partial charge in [-0.15, -0.1) is 10.2 Å². The number of carbonyl (C=O) groups is 1.